The number of halogens is 2. The Labute approximate surface area is 144 Å². The maximum Gasteiger partial charge on any atom is 0.439 e. The number of aromatic nitrogens is 2. The van der Waals surface area contributed by atoms with Crippen molar-refractivity contribution in [2.24, 2.45) is 0 Å². The second-order valence-corrected chi connectivity index (χ2v) is 5.70. The number of carbonyl (C=O) groups excluding carboxylic acids is 1. The van der Waals surface area contributed by atoms with E-state index in [0.717, 1.165) is 6.07 Å². The van der Waals surface area contributed by atoms with Crippen molar-refractivity contribution >= 4 is 11.6 Å². The molecule has 0 radical (unpaired) electrons. The Morgan fingerprint density at radius 1 is 1.27 bits per heavy atom. The summed E-state index contributed by atoms with van der Waals surface area (Å²) in [5.41, 5.74) is 1.25. The van der Waals surface area contributed by atoms with Crippen LogP contribution in [0.1, 0.15) is 5.56 Å². The molecule has 7 nitrogen and oxygen atoms in total. The molecule has 2 aromatic carbocycles. The molecule has 3 aromatic rings. The lowest BCUT2D eigenvalue weighted by Gasteiger charge is -2.12. The molecule has 0 saturated heterocycles. The van der Waals surface area contributed by atoms with Crippen molar-refractivity contribution < 1.29 is 22.8 Å². The fourth-order valence-corrected chi connectivity index (χ4v) is 2.75. The molecule has 1 aliphatic heterocycles. The molecule has 2 N–H and O–H groups in total. The number of hydrogen-bond donors (Lipinski definition) is 2. The summed E-state index contributed by atoms with van der Waals surface area (Å²) in [6, 6.07) is 8.38. The van der Waals surface area contributed by atoms with Crippen LogP contribution in [0.15, 0.2) is 45.7 Å². The van der Waals surface area contributed by atoms with E-state index in [4.69, 9.17) is 4.74 Å². The number of H-pyrrole nitrogens is 1. The molecule has 2 heterocycles. The maximum atomic E-state index is 13.7. The van der Waals surface area contributed by atoms with Gasteiger partial charge in [-0.05, 0) is 18.2 Å². The molecule has 1 atom stereocenters. The van der Waals surface area contributed by atoms with Crippen LogP contribution in [0.3, 0.4) is 0 Å². The Morgan fingerprint density at radius 3 is 2.88 bits per heavy atom. The van der Waals surface area contributed by atoms with Crippen LogP contribution < -0.4 is 15.8 Å². The molecule has 26 heavy (non-hydrogen) atoms. The topological polar surface area (TPSA) is 97.2 Å². The van der Waals surface area contributed by atoms with E-state index in [1.54, 1.807) is 24.3 Å². The van der Waals surface area contributed by atoms with Gasteiger partial charge in [-0.25, -0.2) is 13.6 Å². The van der Waals surface area contributed by atoms with Crippen molar-refractivity contribution in [1.82, 2.24) is 10.1 Å². The molecule has 4 rings (SSSR count). The quantitative estimate of drug-likeness (QED) is 0.748. The van der Waals surface area contributed by atoms with E-state index in [1.165, 1.54) is 0 Å². The second kappa shape index (κ2) is 6.10. The average Bonchev–Trinajstić information content (AvgIpc) is 3.21. The SMILES string of the molecule is O=C(Nc1cccc(-c2noc(=O)[nH]2)c1)C1Cc2cc(F)cc(F)c2O1. The summed E-state index contributed by atoms with van der Waals surface area (Å²) in [4.78, 5) is 25.8. The van der Waals surface area contributed by atoms with E-state index in [2.05, 4.69) is 20.0 Å². The van der Waals surface area contributed by atoms with Gasteiger partial charge < -0.3 is 10.1 Å². The van der Waals surface area contributed by atoms with Gasteiger partial charge in [0.25, 0.3) is 5.91 Å². The third-order valence-corrected chi connectivity index (χ3v) is 3.89. The van der Waals surface area contributed by atoms with Crippen molar-refractivity contribution in [1.29, 1.82) is 0 Å². The van der Waals surface area contributed by atoms with Gasteiger partial charge in [-0.1, -0.05) is 17.3 Å². The number of anilines is 1. The molecule has 0 aliphatic carbocycles. The summed E-state index contributed by atoms with van der Waals surface area (Å²) in [7, 11) is 0. The highest BCUT2D eigenvalue weighted by atomic mass is 19.1. The number of fused-ring (bicyclic) bond motifs is 1. The lowest BCUT2D eigenvalue weighted by molar-refractivity contribution is -0.122. The number of rotatable bonds is 3. The third-order valence-electron chi connectivity index (χ3n) is 3.89. The summed E-state index contributed by atoms with van der Waals surface area (Å²) in [6.45, 7) is 0. The van der Waals surface area contributed by atoms with Gasteiger partial charge in [-0.2, -0.15) is 0 Å². The van der Waals surface area contributed by atoms with Crippen LogP contribution >= 0.6 is 0 Å². The number of hydrogen-bond acceptors (Lipinski definition) is 5. The highest BCUT2D eigenvalue weighted by Crippen LogP contribution is 2.33. The smallest absolute Gasteiger partial charge is 0.439 e. The first kappa shape index (κ1) is 16.0. The van der Waals surface area contributed by atoms with Gasteiger partial charge in [-0.15, -0.1) is 0 Å². The first-order chi connectivity index (χ1) is 12.5. The van der Waals surface area contributed by atoms with E-state index in [-0.39, 0.29) is 18.0 Å². The molecule has 0 fully saturated rings. The minimum absolute atomic E-state index is 0.0616. The summed E-state index contributed by atoms with van der Waals surface area (Å²) in [5, 5.41) is 6.21. The minimum Gasteiger partial charge on any atom is -0.477 e. The average molecular weight is 359 g/mol. The Hall–Kier alpha value is -3.49. The number of benzene rings is 2. The van der Waals surface area contributed by atoms with Crippen molar-refractivity contribution in [3.63, 3.8) is 0 Å². The zero-order chi connectivity index (χ0) is 18.3. The van der Waals surface area contributed by atoms with Crippen molar-refractivity contribution in [2.45, 2.75) is 12.5 Å². The van der Waals surface area contributed by atoms with Crippen molar-refractivity contribution in [3.8, 4) is 17.1 Å². The largest absolute Gasteiger partial charge is 0.477 e. The zero-order valence-electron chi connectivity index (χ0n) is 13.1. The van der Waals surface area contributed by atoms with E-state index >= 15 is 0 Å². The summed E-state index contributed by atoms with van der Waals surface area (Å²) in [5.74, 6) is -2.66. The van der Waals surface area contributed by atoms with Crippen LogP contribution in [0.25, 0.3) is 11.4 Å². The lowest BCUT2D eigenvalue weighted by atomic mass is 10.1. The molecule has 1 aliphatic rings. The highest BCUT2D eigenvalue weighted by molar-refractivity contribution is 5.95. The third kappa shape index (κ3) is 2.94. The molecule has 0 saturated carbocycles. The minimum atomic E-state index is -0.975. The second-order valence-electron chi connectivity index (χ2n) is 5.70. The van der Waals surface area contributed by atoms with Gasteiger partial charge in [0.15, 0.2) is 23.5 Å². The van der Waals surface area contributed by atoms with Gasteiger partial charge >= 0.3 is 5.76 Å². The lowest BCUT2D eigenvalue weighted by Crippen LogP contribution is -2.31. The maximum absolute atomic E-state index is 13.7. The van der Waals surface area contributed by atoms with Crippen LogP contribution in [0.5, 0.6) is 5.75 Å². The van der Waals surface area contributed by atoms with Crippen LogP contribution in [0.4, 0.5) is 14.5 Å². The molecule has 0 spiro atoms. The Morgan fingerprint density at radius 2 is 2.12 bits per heavy atom. The summed E-state index contributed by atoms with van der Waals surface area (Å²) in [6.07, 6.45) is -0.914. The first-order valence-corrected chi connectivity index (χ1v) is 7.61. The predicted molar refractivity (Wildman–Crippen MR) is 85.7 cm³/mol. The Bertz CT molecular complexity index is 1060. The summed E-state index contributed by atoms with van der Waals surface area (Å²) >= 11 is 0. The van der Waals surface area contributed by atoms with Crippen LogP contribution in [-0.2, 0) is 11.2 Å². The molecule has 9 heteroatoms. The fraction of sp³-hybridized carbons (Fsp3) is 0.118. The number of amides is 1. The highest BCUT2D eigenvalue weighted by Gasteiger charge is 2.32. The molecular weight excluding hydrogens is 348 g/mol. The Kier molecular flexibility index (Phi) is 3.76. The van der Waals surface area contributed by atoms with E-state index in [0.29, 0.717) is 22.9 Å². The van der Waals surface area contributed by atoms with Gasteiger partial charge in [0.1, 0.15) is 5.82 Å². The molecule has 1 aromatic heterocycles. The van der Waals surface area contributed by atoms with Crippen LogP contribution in [0, 0.1) is 11.6 Å². The van der Waals surface area contributed by atoms with Gasteiger partial charge in [0, 0.05) is 29.3 Å². The normalized spacial score (nSPS) is 15.4. The van der Waals surface area contributed by atoms with Crippen LogP contribution in [-0.4, -0.2) is 22.2 Å². The van der Waals surface area contributed by atoms with Crippen LogP contribution in [0.2, 0.25) is 0 Å². The van der Waals surface area contributed by atoms with Gasteiger partial charge in [0.2, 0.25) is 0 Å². The van der Waals surface area contributed by atoms with Gasteiger partial charge in [-0.3, -0.25) is 14.3 Å². The fourth-order valence-electron chi connectivity index (χ4n) is 2.75. The van der Waals surface area contributed by atoms with E-state index < -0.39 is 29.4 Å². The van der Waals surface area contributed by atoms with E-state index in [9.17, 15) is 18.4 Å². The zero-order valence-corrected chi connectivity index (χ0v) is 13.1. The first-order valence-electron chi connectivity index (χ1n) is 7.61. The van der Waals surface area contributed by atoms with Crippen molar-refractivity contribution in [3.05, 3.63) is 64.1 Å². The van der Waals surface area contributed by atoms with E-state index in [1.807, 2.05) is 0 Å². The number of nitrogens with zero attached hydrogens (tertiary/aromatic N) is 1. The molecule has 1 unspecified atom stereocenters. The van der Waals surface area contributed by atoms with Crippen molar-refractivity contribution in [2.75, 3.05) is 5.32 Å². The Balaban J connectivity index is 1.51. The predicted octanol–water partition coefficient (Wildman–Crippen LogP) is 2.25. The standard InChI is InChI=1S/C17H11F2N3O4/c18-10-4-9-6-13(25-14(9)12(19)7-10)16(23)20-11-3-1-2-8(5-11)15-21-17(24)26-22-15/h1-5,7,13H,6H2,(H,20,23)(H,21,22,24). The molecule has 0 bridgehead atoms. The number of ether oxygens (including phenoxy) is 1. The molecular formula is C17H11F2N3O4. The summed E-state index contributed by atoms with van der Waals surface area (Å²) < 4.78 is 36.7. The number of aromatic amines is 1. The monoisotopic (exact) mass is 359 g/mol. The van der Waals surface area contributed by atoms with Gasteiger partial charge in [0.05, 0.1) is 0 Å². The number of nitrogens with one attached hydrogen (secondary N) is 2. The number of carbonyl (C=O) groups is 1. The molecule has 132 valence electrons. The molecule has 1 amide bonds.